The molecule has 2 aromatic rings. The molecule has 0 radical (unpaired) electrons. The van der Waals surface area contributed by atoms with Crippen molar-refractivity contribution in [1.29, 1.82) is 0 Å². The Kier molecular flexibility index (Phi) is 5.68. The number of barbiturate groups is 1. The van der Waals surface area contributed by atoms with Crippen molar-refractivity contribution in [3.63, 3.8) is 0 Å². The predicted molar refractivity (Wildman–Crippen MR) is 111 cm³/mol. The summed E-state index contributed by atoms with van der Waals surface area (Å²) < 4.78 is 25.0. The van der Waals surface area contributed by atoms with Gasteiger partial charge in [0.05, 0.1) is 31.7 Å². The van der Waals surface area contributed by atoms with Crippen molar-refractivity contribution < 1.29 is 28.2 Å². The van der Waals surface area contributed by atoms with Gasteiger partial charge in [-0.15, -0.1) is 0 Å². The zero-order valence-electron chi connectivity index (χ0n) is 16.8. The van der Waals surface area contributed by atoms with Crippen molar-refractivity contribution in [2.75, 3.05) is 43.2 Å². The van der Waals surface area contributed by atoms with Crippen LogP contribution in [0.1, 0.15) is 5.56 Å². The summed E-state index contributed by atoms with van der Waals surface area (Å²) in [6.45, 7) is 2.21. The van der Waals surface area contributed by atoms with E-state index in [1.165, 1.54) is 31.4 Å². The fourth-order valence-electron chi connectivity index (χ4n) is 3.46. The van der Waals surface area contributed by atoms with E-state index >= 15 is 0 Å². The molecular formula is C22H20FN3O5. The molecule has 0 aliphatic carbocycles. The Morgan fingerprint density at radius 3 is 2.42 bits per heavy atom. The highest BCUT2D eigenvalue weighted by atomic mass is 19.1. The van der Waals surface area contributed by atoms with Crippen LogP contribution in [0.2, 0.25) is 0 Å². The maximum atomic E-state index is 14.7. The molecular weight excluding hydrogens is 405 g/mol. The molecule has 0 spiro atoms. The van der Waals surface area contributed by atoms with Gasteiger partial charge in [-0.1, -0.05) is 6.07 Å². The van der Waals surface area contributed by atoms with Crippen LogP contribution in [0, 0.1) is 5.82 Å². The van der Waals surface area contributed by atoms with E-state index in [2.05, 4.69) is 5.32 Å². The summed E-state index contributed by atoms with van der Waals surface area (Å²) in [6, 6.07) is 9.87. The number of carbonyl (C=O) groups excluding carboxylic acids is 3. The molecule has 8 nitrogen and oxygen atoms in total. The predicted octanol–water partition coefficient (Wildman–Crippen LogP) is 2.34. The van der Waals surface area contributed by atoms with Crippen LogP contribution in [0.25, 0.3) is 6.08 Å². The van der Waals surface area contributed by atoms with Crippen LogP contribution in [0.4, 0.5) is 20.6 Å². The normalized spacial score (nSPS) is 18.4. The highest BCUT2D eigenvalue weighted by Gasteiger charge is 2.36. The Balaban J connectivity index is 1.62. The van der Waals surface area contributed by atoms with Gasteiger partial charge < -0.3 is 14.4 Å². The Hall–Kier alpha value is -3.72. The van der Waals surface area contributed by atoms with Crippen molar-refractivity contribution in [2.45, 2.75) is 0 Å². The third-order valence-corrected chi connectivity index (χ3v) is 5.07. The minimum absolute atomic E-state index is 0.269. The lowest BCUT2D eigenvalue weighted by molar-refractivity contribution is -0.122. The van der Waals surface area contributed by atoms with E-state index in [0.717, 1.165) is 4.90 Å². The summed E-state index contributed by atoms with van der Waals surface area (Å²) in [5, 5.41) is 2.15. The summed E-state index contributed by atoms with van der Waals surface area (Å²) in [5.74, 6) is -1.55. The quantitative estimate of drug-likeness (QED) is 0.598. The van der Waals surface area contributed by atoms with Crippen LogP contribution in [0.3, 0.4) is 0 Å². The molecule has 0 bridgehead atoms. The number of hydrogen-bond acceptors (Lipinski definition) is 6. The number of hydrogen-bond donors (Lipinski definition) is 1. The average Bonchev–Trinajstić information content (AvgIpc) is 2.77. The first-order chi connectivity index (χ1) is 15.0. The van der Waals surface area contributed by atoms with Crippen LogP contribution in [-0.2, 0) is 14.3 Å². The van der Waals surface area contributed by atoms with E-state index in [1.807, 2.05) is 4.90 Å². The van der Waals surface area contributed by atoms with Crippen LogP contribution < -0.4 is 19.9 Å². The van der Waals surface area contributed by atoms with Crippen LogP contribution in [0.5, 0.6) is 5.75 Å². The number of ether oxygens (including phenoxy) is 2. The lowest BCUT2D eigenvalue weighted by Gasteiger charge is -2.29. The molecule has 0 unspecified atom stereocenters. The van der Waals surface area contributed by atoms with Crippen molar-refractivity contribution in [3.05, 3.63) is 59.4 Å². The molecule has 0 saturated carbocycles. The molecule has 4 amide bonds. The number of imide groups is 2. The Morgan fingerprint density at radius 1 is 1.06 bits per heavy atom. The number of rotatable bonds is 4. The van der Waals surface area contributed by atoms with Gasteiger partial charge in [-0.3, -0.25) is 14.9 Å². The zero-order valence-corrected chi connectivity index (χ0v) is 16.8. The van der Waals surface area contributed by atoms with Gasteiger partial charge in [0.2, 0.25) is 0 Å². The Labute approximate surface area is 177 Å². The molecule has 0 atom stereocenters. The van der Waals surface area contributed by atoms with Crippen molar-refractivity contribution in [1.82, 2.24) is 5.32 Å². The number of urea groups is 1. The SMILES string of the molecule is COc1ccc(N2C(=O)NC(=O)/C(=C/c3ccc(N4CCOCC4)c(F)c3)C2=O)cc1. The van der Waals surface area contributed by atoms with Gasteiger partial charge in [0.1, 0.15) is 17.1 Å². The third kappa shape index (κ3) is 4.13. The minimum atomic E-state index is -0.855. The molecule has 1 N–H and O–H groups in total. The monoisotopic (exact) mass is 425 g/mol. The number of methoxy groups -OCH3 is 1. The average molecular weight is 425 g/mol. The van der Waals surface area contributed by atoms with Crippen LogP contribution in [-0.4, -0.2) is 51.3 Å². The fourth-order valence-corrected chi connectivity index (χ4v) is 3.46. The van der Waals surface area contributed by atoms with Gasteiger partial charge in [0.15, 0.2) is 0 Å². The molecule has 2 saturated heterocycles. The zero-order chi connectivity index (χ0) is 22.0. The molecule has 2 aliphatic rings. The maximum absolute atomic E-state index is 14.7. The summed E-state index contributed by atoms with van der Waals surface area (Å²) >= 11 is 0. The highest BCUT2D eigenvalue weighted by Crippen LogP contribution is 2.26. The number of anilines is 2. The summed E-state index contributed by atoms with van der Waals surface area (Å²) in [4.78, 5) is 40.3. The van der Waals surface area contributed by atoms with Crippen molar-refractivity contribution in [2.24, 2.45) is 0 Å². The number of carbonyl (C=O) groups is 3. The number of benzene rings is 2. The first kappa shape index (κ1) is 20.5. The van der Waals surface area contributed by atoms with Gasteiger partial charge in [-0.05, 0) is 48.0 Å². The standard InChI is InChI=1S/C22H20FN3O5/c1-30-16-5-3-15(4-6-16)26-21(28)17(20(27)24-22(26)29)12-14-2-7-19(18(23)13-14)25-8-10-31-11-9-25/h2-7,12-13H,8-11H2,1H3,(H,24,27,29)/b17-12-. The lowest BCUT2D eigenvalue weighted by Crippen LogP contribution is -2.54. The molecule has 31 heavy (non-hydrogen) atoms. The summed E-state index contributed by atoms with van der Waals surface area (Å²) in [5.41, 5.74) is 0.765. The first-order valence-corrected chi connectivity index (χ1v) is 9.65. The molecule has 9 heteroatoms. The van der Waals surface area contributed by atoms with Crippen molar-refractivity contribution >= 4 is 35.3 Å². The second-order valence-electron chi connectivity index (χ2n) is 6.97. The van der Waals surface area contributed by atoms with E-state index < -0.39 is 23.7 Å². The Morgan fingerprint density at radius 2 is 1.77 bits per heavy atom. The van der Waals surface area contributed by atoms with E-state index in [9.17, 15) is 18.8 Å². The Bertz CT molecular complexity index is 1060. The fraction of sp³-hybridized carbons (Fsp3) is 0.227. The maximum Gasteiger partial charge on any atom is 0.335 e. The second-order valence-corrected chi connectivity index (χ2v) is 6.97. The highest BCUT2D eigenvalue weighted by molar-refractivity contribution is 6.39. The van der Waals surface area contributed by atoms with Gasteiger partial charge >= 0.3 is 6.03 Å². The second kappa shape index (κ2) is 8.57. The summed E-state index contributed by atoms with van der Waals surface area (Å²) in [7, 11) is 1.50. The van der Waals surface area contributed by atoms with Crippen LogP contribution >= 0.6 is 0 Å². The van der Waals surface area contributed by atoms with Gasteiger partial charge in [-0.2, -0.15) is 0 Å². The van der Waals surface area contributed by atoms with Crippen LogP contribution in [0.15, 0.2) is 48.0 Å². The molecule has 2 heterocycles. The lowest BCUT2D eigenvalue weighted by atomic mass is 10.1. The third-order valence-electron chi connectivity index (χ3n) is 5.07. The topological polar surface area (TPSA) is 88.2 Å². The summed E-state index contributed by atoms with van der Waals surface area (Å²) in [6.07, 6.45) is 1.27. The molecule has 160 valence electrons. The molecule has 0 aromatic heterocycles. The number of nitrogens with one attached hydrogen (secondary N) is 1. The van der Waals surface area contributed by atoms with E-state index in [4.69, 9.17) is 9.47 Å². The van der Waals surface area contributed by atoms with E-state index in [1.54, 1.807) is 24.3 Å². The smallest absolute Gasteiger partial charge is 0.335 e. The molecule has 2 aromatic carbocycles. The number of nitrogens with zero attached hydrogens (tertiary/aromatic N) is 2. The van der Waals surface area contributed by atoms with E-state index in [0.29, 0.717) is 43.3 Å². The minimum Gasteiger partial charge on any atom is -0.497 e. The first-order valence-electron chi connectivity index (χ1n) is 9.65. The largest absolute Gasteiger partial charge is 0.497 e. The number of morpholine rings is 1. The number of amides is 4. The van der Waals surface area contributed by atoms with E-state index in [-0.39, 0.29) is 11.3 Å². The molecule has 4 rings (SSSR count). The van der Waals surface area contributed by atoms with Gasteiger partial charge in [0.25, 0.3) is 11.8 Å². The van der Waals surface area contributed by atoms with Gasteiger partial charge in [0, 0.05) is 13.1 Å². The number of halogens is 1. The van der Waals surface area contributed by atoms with Gasteiger partial charge in [-0.25, -0.2) is 14.1 Å². The van der Waals surface area contributed by atoms with Crippen molar-refractivity contribution in [3.8, 4) is 5.75 Å². The molecule has 2 aliphatic heterocycles. The molecule has 2 fully saturated rings.